The van der Waals surface area contributed by atoms with E-state index in [-0.39, 0.29) is 29.1 Å². The number of carbonyl (C=O) groups is 2. The van der Waals surface area contributed by atoms with Gasteiger partial charge in [-0.25, -0.2) is 4.68 Å². The molecular formula is C16H16ClF3N4O2S. The van der Waals surface area contributed by atoms with Crippen LogP contribution in [0.3, 0.4) is 0 Å². The average molecular weight is 421 g/mol. The topological polar surface area (TPSA) is 68.1 Å². The number of halogens is 4. The molecule has 0 aliphatic carbocycles. The molecule has 0 radical (unpaired) electrons. The van der Waals surface area contributed by atoms with Crippen molar-refractivity contribution in [3.63, 3.8) is 0 Å². The van der Waals surface area contributed by atoms with Crippen molar-refractivity contribution in [2.75, 3.05) is 11.4 Å². The van der Waals surface area contributed by atoms with Crippen LogP contribution >= 0.6 is 23.4 Å². The monoisotopic (exact) mass is 420 g/mol. The number of pyridine rings is 1. The second kappa shape index (κ2) is 8.75. The quantitative estimate of drug-likeness (QED) is 0.709. The molecule has 2 aromatic heterocycles. The summed E-state index contributed by atoms with van der Waals surface area (Å²) < 4.78 is 40.7. The summed E-state index contributed by atoms with van der Waals surface area (Å²) >= 11 is 6.19. The third kappa shape index (κ3) is 5.46. The van der Waals surface area contributed by atoms with Crippen LogP contribution in [0, 0.1) is 0 Å². The highest BCUT2D eigenvalue weighted by Gasteiger charge is 2.43. The van der Waals surface area contributed by atoms with Gasteiger partial charge in [0, 0.05) is 26.1 Å². The first-order valence-corrected chi connectivity index (χ1v) is 9.09. The molecule has 0 aliphatic heterocycles. The molecule has 0 saturated carbocycles. The van der Waals surface area contributed by atoms with E-state index in [1.165, 1.54) is 17.1 Å². The lowest BCUT2D eigenvalue weighted by molar-refractivity contribution is -0.139. The smallest absolute Gasteiger partial charge is 0.308 e. The second-order valence-corrected chi connectivity index (χ2v) is 7.18. The van der Waals surface area contributed by atoms with Crippen LogP contribution in [0.15, 0.2) is 30.7 Å². The zero-order chi connectivity index (χ0) is 20.2. The maximum Gasteiger partial charge on any atom is 0.401 e. The first-order chi connectivity index (χ1) is 12.6. The summed E-state index contributed by atoms with van der Waals surface area (Å²) in [5, 5.41) is 1.21. The molecule has 0 bridgehead atoms. The van der Waals surface area contributed by atoms with Gasteiger partial charge in [0.15, 0.2) is 10.3 Å². The third-order valence-corrected chi connectivity index (χ3v) is 4.82. The molecule has 2 aromatic rings. The molecule has 0 aliphatic rings. The zero-order valence-corrected chi connectivity index (χ0v) is 16.0. The number of hydrogen-bond donors (Lipinski definition) is 0. The third-order valence-electron chi connectivity index (χ3n) is 3.50. The van der Waals surface area contributed by atoms with Crippen molar-refractivity contribution in [3.05, 3.63) is 35.9 Å². The SMILES string of the molecule is CCN(C(=O)CC(SC(C)=O)C(F)(F)F)c1cn(-c2cccnc2)nc1Cl. The van der Waals surface area contributed by atoms with Gasteiger partial charge in [0.2, 0.25) is 5.91 Å². The highest BCUT2D eigenvalue weighted by atomic mass is 35.5. The summed E-state index contributed by atoms with van der Waals surface area (Å²) in [4.78, 5) is 28.7. The fourth-order valence-electron chi connectivity index (χ4n) is 2.32. The number of carbonyl (C=O) groups excluding carboxylic acids is 2. The van der Waals surface area contributed by atoms with Crippen molar-refractivity contribution in [2.45, 2.75) is 31.7 Å². The predicted molar refractivity (Wildman–Crippen MR) is 97.1 cm³/mol. The largest absolute Gasteiger partial charge is 0.401 e. The Hall–Kier alpha value is -2.07. The van der Waals surface area contributed by atoms with E-state index in [0.717, 1.165) is 11.8 Å². The van der Waals surface area contributed by atoms with Crippen molar-refractivity contribution in [3.8, 4) is 5.69 Å². The maximum absolute atomic E-state index is 13.1. The number of alkyl halides is 3. The average Bonchev–Trinajstić information content (AvgIpc) is 2.96. The number of thioether (sulfide) groups is 1. The summed E-state index contributed by atoms with van der Waals surface area (Å²) in [6.07, 6.45) is -1.03. The predicted octanol–water partition coefficient (Wildman–Crippen LogP) is 3.87. The Morgan fingerprint density at radius 2 is 2.11 bits per heavy atom. The maximum atomic E-state index is 13.1. The van der Waals surface area contributed by atoms with E-state index < -0.39 is 28.9 Å². The van der Waals surface area contributed by atoms with E-state index in [4.69, 9.17) is 11.6 Å². The zero-order valence-electron chi connectivity index (χ0n) is 14.4. The molecule has 0 aromatic carbocycles. The van der Waals surface area contributed by atoms with Gasteiger partial charge in [-0.15, -0.1) is 0 Å². The molecule has 0 fully saturated rings. The molecule has 27 heavy (non-hydrogen) atoms. The normalized spacial score (nSPS) is 12.7. The minimum absolute atomic E-state index is 0.0307. The Labute approximate surface area is 162 Å². The number of aromatic nitrogens is 3. The fraction of sp³-hybridized carbons (Fsp3) is 0.375. The van der Waals surface area contributed by atoms with E-state index in [2.05, 4.69) is 10.1 Å². The minimum Gasteiger partial charge on any atom is -0.308 e. The van der Waals surface area contributed by atoms with Crippen LogP contribution in [0.2, 0.25) is 5.15 Å². The van der Waals surface area contributed by atoms with Crippen molar-refractivity contribution in [2.24, 2.45) is 0 Å². The van der Waals surface area contributed by atoms with Crippen molar-refractivity contribution < 1.29 is 22.8 Å². The second-order valence-electron chi connectivity index (χ2n) is 5.44. The van der Waals surface area contributed by atoms with Gasteiger partial charge in [0.05, 0.1) is 18.1 Å². The first-order valence-electron chi connectivity index (χ1n) is 7.83. The van der Waals surface area contributed by atoms with Crippen molar-refractivity contribution >= 4 is 40.1 Å². The van der Waals surface area contributed by atoms with Gasteiger partial charge in [-0.1, -0.05) is 23.4 Å². The van der Waals surface area contributed by atoms with E-state index in [1.54, 1.807) is 25.3 Å². The Kier molecular flexibility index (Phi) is 6.88. The molecule has 0 saturated heterocycles. The Bertz CT molecular complexity index is 814. The standard InChI is InChI=1S/C16H16ClF3N4O2S/c1-3-23(14(26)7-13(16(18,19)20)27-10(2)25)12-9-24(22-15(12)17)11-5-4-6-21-8-11/h4-6,8-9,13H,3,7H2,1-2H3. The number of amides is 1. The van der Waals surface area contributed by atoms with Crippen LogP contribution in [-0.2, 0) is 9.59 Å². The van der Waals surface area contributed by atoms with E-state index in [9.17, 15) is 22.8 Å². The molecule has 0 N–H and O–H groups in total. The van der Waals surface area contributed by atoms with Crippen LogP contribution in [0.25, 0.3) is 5.69 Å². The molecular weight excluding hydrogens is 405 g/mol. The van der Waals surface area contributed by atoms with E-state index >= 15 is 0 Å². The Balaban J connectivity index is 2.26. The lowest BCUT2D eigenvalue weighted by Crippen LogP contribution is -2.37. The Morgan fingerprint density at radius 3 is 2.63 bits per heavy atom. The van der Waals surface area contributed by atoms with Crippen molar-refractivity contribution in [1.82, 2.24) is 14.8 Å². The molecule has 146 valence electrons. The van der Waals surface area contributed by atoms with Crippen LogP contribution in [0.1, 0.15) is 20.3 Å². The minimum atomic E-state index is -4.69. The van der Waals surface area contributed by atoms with Gasteiger partial charge in [0.25, 0.3) is 0 Å². The highest BCUT2D eigenvalue weighted by molar-refractivity contribution is 8.14. The van der Waals surface area contributed by atoms with Gasteiger partial charge in [-0.2, -0.15) is 18.3 Å². The number of hydrogen-bond acceptors (Lipinski definition) is 5. The summed E-state index contributed by atoms with van der Waals surface area (Å²) in [5.74, 6) is -0.804. The van der Waals surface area contributed by atoms with Gasteiger partial charge >= 0.3 is 6.18 Å². The molecule has 1 atom stereocenters. The lowest BCUT2D eigenvalue weighted by atomic mass is 10.2. The number of anilines is 1. The number of rotatable bonds is 6. The van der Waals surface area contributed by atoms with Gasteiger partial charge in [-0.05, 0) is 19.1 Å². The lowest BCUT2D eigenvalue weighted by Gasteiger charge is -2.23. The number of nitrogens with zero attached hydrogens (tertiary/aromatic N) is 4. The summed E-state index contributed by atoms with van der Waals surface area (Å²) in [6.45, 7) is 2.73. The van der Waals surface area contributed by atoms with E-state index in [1.807, 2.05) is 0 Å². The van der Waals surface area contributed by atoms with Gasteiger partial charge < -0.3 is 4.90 Å². The molecule has 1 amide bonds. The molecule has 0 spiro atoms. The van der Waals surface area contributed by atoms with Gasteiger partial charge in [0.1, 0.15) is 10.9 Å². The van der Waals surface area contributed by atoms with Crippen molar-refractivity contribution in [1.29, 1.82) is 0 Å². The molecule has 2 rings (SSSR count). The molecule has 2 heterocycles. The van der Waals surface area contributed by atoms with E-state index in [0.29, 0.717) is 5.69 Å². The van der Waals surface area contributed by atoms with Crippen LogP contribution in [-0.4, -0.2) is 43.8 Å². The van der Waals surface area contributed by atoms with Crippen LogP contribution < -0.4 is 4.90 Å². The summed E-state index contributed by atoms with van der Waals surface area (Å²) in [5.41, 5.74) is 0.760. The van der Waals surface area contributed by atoms with Gasteiger partial charge in [-0.3, -0.25) is 14.6 Å². The fourth-order valence-corrected chi connectivity index (χ4v) is 3.31. The van der Waals surface area contributed by atoms with Crippen LogP contribution in [0.5, 0.6) is 0 Å². The molecule has 11 heteroatoms. The molecule has 1 unspecified atom stereocenters. The summed E-state index contributed by atoms with van der Waals surface area (Å²) in [6, 6.07) is 3.39. The molecule has 6 nitrogen and oxygen atoms in total. The highest BCUT2D eigenvalue weighted by Crippen LogP contribution is 2.35. The first kappa shape index (κ1) is 21.2. The van der Waals surface area contributed by atoms with Crippen LogP contribution in [0.4, 0.5) is 18.9 Å². The Morgan fingerprint density at radius 1 is 1.41 bits per heavy atom. The summed E-state index contributed by atoms with van der Waals surface area (Å²) in [7, 11) is 0.